The van der Waals surface area contributed by atoms with Crippen molar-refractivity contribution in [1.82, 2.24) is 4.90 Å². The molecule has 172 valence electrons. The smallest absolute Gasteiger partial charge is 0.338 e. The topological polar surface area (TPSA) is 94.5 Å². The molecule has 1 aromatic carbocycles. The highest BCUT2D eigenvalue weighted by molar-refractivity contribution is 8.15. The van der Waals surface area contributed by atoms with Crippen LogP contribution in [0.4, 0.5) is 0 Å². The number of rotatable bonds is 7. The Kier molecular flexibility index (Phi) is 7.28. The number of esters is 2. The summed E-state index contributed by atoms with van der Waals surface area (Å²) < 4.78 is 16.4. The number of nitrogens with zero attached hydrogens (tertiary/aromatic N) is 2. The van der Waals surface area contributed by atoms with Crippen LogP contribution in [0.5, 0.6) is 11.5 Å². The Labute approximate surface area is 192 Å². The molecule has 0 radical (unpaired) electrons. The first-order valence-corrected chi connectivity index (χ1v) is 11.5. The normalized spacial score (nSPS) is 20.3. The zero-order valence-electron chi connectivity index (χ0n) is 19.1. The molecule has 1 fully saturated rings. The third kappa shape index (κ3) is 4.67. The molecule has 0 saturated carbocycles. The first-order valence-electron chi connectivity index (χ1n) is 10.6. The minimum atomic E-state index is -0.726. The molecular formula is C23H28N2O6S. The Hall–Kier alpha value is -2.81. The van der Waals surface area contributed by atoms with Gasteiger partial charge < -0.3 is 14.2 Å². The summed E-state index contributed by atoms with van der Waals surface area (Å²) in [7, 11) is 0. The number of aliphatic imine (C=N–C) groups is 1. The second-order valence-corrected chi connectivity index (χ2v) is 8.88. The van der Waals surface area contributed by atoms with Gasteiger partial charge >= 0.3 is 11.9 Å². The number of carbonyl (C=O) groups is 3. The van der Waals surface area contributed by atoms with E-state index < -0.39 is 18.0 Å². The monoisotopic (exact) mass is 460 g/mol. The third-order valence-electron chi connectivity index (χ3n) is 4.92. The van der Waals surface area contributed by atoms with Crippen LogP contribution in [0.1, 0.15) is 59.6 Å². The predicted molar refractivity (Wildman–Crippen MR) is 122 cm³/mol. The van der Waals surface area contributed by atoms with Crippen LogP contribution in [0.2, 0.25) is 0 Å². The molecular weight excluding hydrogens is 432 g/mol. The number of hydrogen-bond acceptors (Lipinski definition) is 8. The first-order chi connectivity index (χ1) is 15.2. The number of amides is 1. The number of ether oxygens (including phenoxy) is 3. The van der Waals surface area contributed by atoms with Gasteiger partial charge in [0.25, 0.3) is 0 Å². The Morgan fingerprint density at radius 3 is 2.53 bits per heavy atom. The van der Waals surface area contributed by atoms with Gasteiger partial charge in [0.15, 0.2) is 16.7 Å². The molecule has 2 aliphatic rings. The lowest BCUT2D eigenvalue weighted by molar-refractivity contribution is -0.143. The Balaban J connectivity index is 2.15. The molecule has 0 N–H and O–H groups in total. The van der Waals surface area contributed by atoms with Crippen molar-refractivity contribution in [3.05, 3.63) is 35.0 Å². The van der Waals surface area contributed by atoms with Gasteiger partial charge in [-0.25, -0.2) is 9.79 Å². The van der Waals surface area contributed by atoms with Crippen LogP contribution in [0, 0.1) is 0 Å². The van der Waals surface area contributed by atoms with Crippen molar-refractivity contribution in [2.75, 3.05) is 6.61 Å². The molecule has 2 aliphatic heterocycles. The zero-order valence-corrected chi connectivity index (χ0v) is 19.9. The van der Waals surface area contributed by atoms with E-state index in [1.165, 1.54) is 18.7 Å². The number of thioether (sulfide) groups is 1. The molecule has 2 atom stereocenters. The fraction of sp³-hybridized carbons (Fsp3) is 0.478. The van der Waals surface area contributed by atoms with Crippen molar-refractivity contribution in [1.29, 1.82) is 0 Å². The fourth-order valence-electron chi connectivity index (χ4n) is 3.65. The maximum atomic E-state index is 13.2. The van der Waals surface area contributed by atoms with Crippen LogP contribution in [0.25, 0.3) is 0 Å². The SMILES string of the molecule is CCOc1cc([C@@H]2C(C(=O)OC(C)C)=C(C)N=C3S[C@@H](CC)C(=O)N32)ccc1OC(C)=O. The number of amidine groups is 1. The number of carbonyl (C=O) groups excluding carboxylic acids is 3. The Bertz CT molecular complexity index is 1000. The summed E-state index contributed by atoms with van der Waals surface area (Å²) in [5.74, 6) is -0.478. The van der Waals surface area contributed by atoms with Crippen LogP contribution in [0.15, 0.2) is 34.5 Å². The van der Waals surface area contributed by atoms with Crippen LogP contribution in [-0.4, -0.2) is 45.9 Å². The quantitative estimate of drug-likeness (QED) is 0.448. The maximum absolute atomic E-state index is 13.2. The minimum Gasteiger partial charge on any atom is -0.490 e. The summed E-state index contributed by atoms with van der Waals surface area (Å²) in [6.45, 7) is 10.7. The molecule has 0 aliphatic carbocycles. The van der Waals surface area contributed by atoms with Crippen molar-refractivity contribution in [3.8, 4) is 11.5 Å². The predicted octanol–water partition coefficient (Wildman–Crippen LogP) is 4.00. The van der Waals surface area contributed by atoms with Gasteiger partial charge in [0.05, 0.1) is 35.3 Å². The van der Waals surface area contributed by atoms with Gasteiger partial charge in [-0.15, -0.1) is 0 Å². The summed E-state index contributed by atoms with van der Waals surface area (Å²) in [5, 5.41) is 0.295. The van der Waals surface area contributed by atoms with Gasteiger partial charge in [0.2, 0.25) is 5.91 Å². The summed E-state index contributed by atoms with van der Waals surface area (Å²) in [6.07, 6.45) is 0.317. The lowest BCUT2D eigenvalue weighted by Crippen LogP contribution is -2.41. The molecule has 0 bridgehead atoms. The third-order valence-corrected chi connectivity index (χ3v) is 6.24. The number of fused-ring (bicyclic) bond motifs is 1. The van der Waals surface area contributed by atoms with E-state index in [1.54, 1.807) is 43.9 Å². The van der Waals surface area contributed by atoms with Gasteiger partial charge in [0, 0.05) is 6.92 Å². The lowest BCUT2D eigenvalue weighted by atomic mass is 9.93. The van der Waals surface area contributed by atoms with Crippen LogP contribution < -0.4 is 9.47 Å². The van der Waals surface area contributed by atoms with Gasteiger partial charge in [-0.1, -0.05) is 24.8 Å². The van der Waals surface area contributed by atoms with E-state index in [4.69, 9.17) is 14.2 Å². The van der Waals surface area contributed by atoms with Crippen molar-refractivity contribution in [2.45, 2.75) is 65.4 Å². The van der Waals surface area contributed by atoms with Crippen molar-refractivity contribution in [2.24, 2.45) is 4.99 Å². The molecule has 1 amide bonds. The highest BCUT2D eigenvalue weighted by Crippen LogP contribution is 2.45. The lowest BCUT2D eigenvalue weighted by Gasteiger charge is -2.33. The molecule has 1 saturated heterocycles. The second kappa shape index (κ2) is 9.77. The molecule has 3 rings (SSSR count). The maximum Gasteiger partial charge on any atom is 0.338 e. The number of allylic oxidation sites excluding steroid dienone is 1. The van der Waals surface area contributed by atoms with E-state index in [1.807, 2.05) is 13.8 Å². The molecule has 9 heteroatoms. The summed E-state index contributed by atoms with van der Waals surface area (Å²) in [6, 6.07) is 4.30. The Morgan fingerprint density at radius 2 is 1.94 bits per heavy atom. The van der Waals surface area contributed by atoms with Crippen molar-refractivity contribution >= 4 is 34.8 Å². The molecule has 0 unspecified atom stereocenters. The molecule has 0 spiro atoms. The van der Waals surface area contributed by atoms with E-state index in [-0.39, 0.29) is 23.0 Å². The second-order valence-electron chi connectivity index (χ2n) is 7.71. The standard InChI is InChI=1S/C23H28N2O6S/c1-7-18-21(27)25-20(15-9-10-16(31-14(6)26)17(11-15)29-8-2)19(22(28)30-12(3)4)13(5)24-23(25)32-18/h9-12,18,20H,7-8H2,1-6H3/t18-,20+/m0/s1. The first kappa shape index (κ1) is 23.8. The van der Waals surface area contributed by atoms with Crippen LogP contribution in [-0.2, 0) is 19.1 Å². The van der Waals surface area contributed by atoms with Crippen LogP contribution in [0.3, 0.4) is 0 Å². The largest absolute Gasteiger partial charge is 0.490 e. The summed E-state index contributed by atoms with van der Waals surface area (Å²) in [5.41, 5.74) is 1.44. The fourth-order valence-corrected chi connectivity index (χ4v) is 4.78. The van der Waals surface area contributed by atoms with Crippen LogP contribution >= 0.6 is 11.8 Å². The molecule has 1 aromatic rings. The molecule has 8 nitrogen and oxygen atoms in total. The van der Waals surface area contributed by atoms with E-state index in [2.05, 4.69) is 4.99 Å². The zero-order chi connectivity index (χ0) is 23.6. The van der Waals surface area contributed by atoms with Gasteiger partial charge in [-0.2, -0.15) is 0 Å². The average molecular weight is 461 g/mol. The van der Waals surface area contributed by atoms with Gasteiger partial charge in [-0.3, -0.25) is 14.5 Å². The van der Waals surface area contributed by atoms with Crippen molar-refractivity contribution in [3.63, 3.8) is 0 Å². The molecule has 0 aromatic heterocycles. The van der Waals surface area contributed by atoms with Gasteiger partial charge in [-0.05, 0) is 51.8 Å². The molecule has 2 heterocycles. The van der Waals surface area contributed by atoms with E-state index in [0.717, 1.165) is 0 Å². The summed E-state index contributed by atoms with van der Waals surface area (Å²) in [4.78, 5) is 43.9. The van der Waals surface area contributed by atoms with E-state index in [9.17, 15) is 14.4 Å². The highest BCUT2D eigenvalue weighted by Gasteiger charge is 2.47. The van der Waals surface area contributed by atoms with E-state index >= 15 is 0 Å². The Morgan fingerprint density at radius 1 is 1.22 bits per heavy atom. The van der Waals surface area contributed by atoms with Crippen molar-refractivity contribution < 1.29 is 28.6 Å². The van der Waals surface area contributed by atoms with Gasteiger partial charge in [0.1, 0.15) is 0 Å². The number of hydrogen-bond donors (Lipinski definition) is 0. The minimum absolute atomic E-state index is 0.106. The summed E-state index contributed by atoms with van der Waals surface area (Å²) >= 11 is 1.40. The number of benzene rings is 1. The average Bonchev–Trinajstić information content (AvgIpc) is 3.02. The molecule has 32 heavy (non-hydrogen) atoms. The highest BCUT2D eigenvalue weighted by atomic mass is 32.2. The van der Waals surface area contributed by atoms with E-state index in [0.29, 0.717) is 40.8 Å².